The molecular formula is C38H34N6O3S4. The van der Waals surface area contributed by atoms with Crippen molar-refractivity contribution < 1.29 is 13.8 Å². The van der Waals surface area contributed by atoms with Gasteiger partial charge in [-0.1, -0.05) is 118 Å². The number of nitrogens with one attached hydrogen (secondary N) is 2. The van der Waals surface area contributed by atoms with Crippen molar-refractivity contribution in [3.8, 4) is 22.5 Å². The van der Waals surface area contributed by atoms with Crippen molar-refractivity contribution in [1.29, 1.82) is 0 Å². The van der Waals surface area contributed by atoms with Crippen LogP contribution in [0.25, 0.3) is 22.5 Å². The van der Waals surface area contributed by atoms with Gasteiger partial charge in [0, 0.05) is 58.3 Å². The van der Waals surface area contributed by atoms with Crippen LogP contribution in [0.15, 0.2) is 143 Å². The highest BCUT2D eigenvalue weighted by atomic mass is 32.2. The molecule has 2 amide bonds. The minimum atomic E-state index is -1.21. The second-order valence-electron chi connectivity index (χ2n) is 10.8. The summed E-state index contributed by atoms with van der Waals surface area (Å²) in [7, 11) is -1.21. The Kier molecular flexibility index (Phi) is 15.0. The first-order chi connectivity index (χ1) is 25.0. The van der Waals surface area contributed by atoms with Gasteiger partial charge in [0.25, 0.3) is 0 Å². The van der Waals surface area contributed by atoms with Gasteiger partial charge < -0.3 is 10.6 Å². The van der Waals surface area contributed by atoms with Crippen molar-refractivity contribution in [3.05, 3.63) is 165 Å². The number of carbonyl (C=O) groups excluding carboxylic acids is 2. The van der Waals surface area contributed by atoms with Crippen molar-refractivity contribution in [1.82, 2.24) is 29.8 Å². The second-order valence-corrected chi connectivity index (χ2v) is 14.3. The molecule has 9 nitrogen and oxygen atoms in total. The van der Waals surface area contributed by atoms with E-state index in [9.17, 15) is 13.8 Å². The van der Waals surface area contributed by atoms with E-state index >= 15 is 0 Å². The lowest BCUT2D eigenvalue weighted by Crippen LogP contribution is -2.20. The summed E-state index contributed by atoms with van der Waals surface area (Å²) in [5.41, 5.74) is 7.98. The molecule has 6 aromatic rings. The van der Waals surface area contributed by atoms with Crippen LogP contribution in [-0.2, 0) is 45.0 Å². The van der Waals surface area contributed by atoms with Gasteiger partial charge in [-0.25, -0.2) is 0 Å². The predicted octanol–water partition coefficient (Wildman–Crippen LogP) is 7.55. The molecule has 0 bridgehead atoms. The highest BCUT2D eigenvalue weighted by Crippen LogP contribution is 2.19. The third-order valence-electron chi connectivity index (χ3n) is 7.08. The van der Waals surface area contributed by atoms with Gasteiger partial charge in [0.1, 0.15) is 11.4 Å². The van der Waals surface area contributed by atoms with Crippen LogP contribution in [0.2, 0.25) is 0 Å². The van der Waals surface area contributed by atoms with E-state index in [1.807, 2.05) is 113 Å². The Morgan fingerprint density at radius 3 is 1.61 bits per heavy atom. The molecule has 0 radical (unpaired) electrons. The normalized spacial score (nSPS) is 11.5. The van der Waals surface area contributed by atoms with E-state index in [2.05, 4.69) is 41.9 Å². The summed E-state index contributed by atoms with van der Waals surface area (Å²) in [6, 6.07) is 35.5. The fourth-order valence-electron chi connectivity index (χ4n) is 4.42. The van der Waals surface area contributed by atoms with Crippen LogP contribution in [0, 0.1) is 0 Å². The van der Waals surface area contributed by atoms with Crippen LogP contribution in [0.1, 0.15) is 22.3 Å². The van der Waals surface area contributed by atoms with E-state index in [0.29, 0.717) is 18.8 Å². The molecule has 2 heterocycles. The summed E-state index contributed by atoms with van der Waals surface area (Å²) in [5.74, 6) is 0.905. The van der Waals surface area contributed by atoms with Gasteiger partial charge in [0.15, 0.2) is 0 Å². The molecule has 1 atom stereocenters. The predicted molar refractivity (Wildman–Crippen MR) is 209 cm³/mol. The van der Waals surface area contributed by atoms with E-state index in [1.54, 1.807) is 17.8 Å². The molecule has 51 heavy (non-hydrogen) atoms. The highest BCUT2D eigenvalue weighted by molar-refractivity contribution is 8.01. The molecule has 0 saturated carbocycles. The van der Waals surface area contributed by atoms with Crippen LogP contribution in [0.5, 0.6) is 0 Å². The molecule has 0 aliphatic heterocycles. The lowest BCUT2D eigenvalue weighted by atomic mass is 10.1. The largest absolute Gasteiger partial charge is 0.348 e. The third kappa shape index (κ3) is 13.3. The molecule has 0 aliphatic rings. The lowest BCUT2D eigenvalue weighted by Gasteiger charge is -2.04. The molecule has 258 valence electrons. The molecule has 4 aromatic carbocycles. The lowest BCUT2D eigenvalue weighted by molar-refractivity contribution is -0.117. The summed E-state index contributed by atoms with van der Waals surface area (Å²) < 4.78 is 19.7. The Morgan fingerprint density at radius 1 is 0.627 bits per heavy atom. The van der Waals surface area contributed by atoms with Crippen molar-refractivity contribution >= 4 is 57.4 Å². The van der Waals surface area contributed by atoms with E-state index in [-0.39, 0.29) is 11.8 Å². The summed E-state index contributed by atoms with van der Waals surface area (Å²) in [4.78, 5) is 23.7. The third-order valence-corrected chi connectivity index (χ3v) is 9.98. The molecule has 0 saturated heterocycles. The van der Waals surface area contributed by atoms with Crippen LogP contribution in [0.4, 0.5) is 0 Å². The molecule has 0 fully saturated rings. The van der Waals surface area contributed by atoms with Gasteiger partial charge in [-0.05, 0) is 50.7 Å². The molecule has 1 unspecified atom stereocenters. The molecule has 6 rings (SSSR count). The maximum absolute atomic E-state index is 12.0. The molecule has 2 N–H and O–H groups in total. The summed E-state index contributed by atoms with van der Waals surface area (Å²) in [6.45, 7) is 0.909. The van der Waals surface area contributed by atoms with E-state index < -0.39 is 10.8 Å². The van der Waals surface area contributed by atoms with E-state index in [0.717, 1.165) is 45.0 Å². The monoisotopic (exact) mass is 750 g/mol. The van der Waals surface area contributed by atoms with Gasteiger partial charge in [0.05, 0.1) is 16.6 Å². The summed E-state index contributed by atoms with van der Waals surface area (Å²) in [6.07, 6.45) is 2.90. The highest BCUT2D eigenvalue weighted by Gasteiger charge is 2.04. The first-order valence-corrected chi connectivity index (χ1v) is 19.8. The van der Waals surface area contributed by atoms with E-state index in [1.165, 1.54) is 40.1 Å². The Hall–Kier alpha value is -5.08. The number of thioether (sulfide) groups is 1. The van der Waals surface area contributed by atoms with Gasteiger partial charge in [0.2, 0.25) is 11.8 Å². The molecule has 2 aromatic heterocycles. The minimum absolute atomic E-state index is 0.0895. The fourth-order valence-corrected chi connectivity index (χ4v) is 6.94. The van der Waals surface area contributed by atoms with Crippen molar-refractivity contribution in [3.63, 3.8) is 0 Å². The SMILES string of the molecule is O=C(/C=C\S(=O)Cc1ccccc1)NCc1ccc(-c2csnn2)cc1.O=C(/C=C\SCc1ccccc1)NCc1ccc(-c2csnn2)cc1. The second kappa shape index (κ2) is 20.6. The fraction of sp³-hybridized carbons (Fsp3) is 0.105. The van der Waals surface area contributed by atoms with Gasteiger partial charge in [-0.15, -0.1) is 22.0 Å². The van der Waals surface area contributed by atoms with Crippen LogP contribution in [-0.4, -0.2) is 35.2 Å². The number of rotatable bonds is 14. The quantitative estimate of drug-likeness (QED) is 0.109. The zero-order valence-corrected chi connectivity index (χ0v) is 30.6. The summed E-state index contributed by atoms with van der Waals surface area (Å²) in [5, 5.41) is 20.8. The number of aromatic nitrogens is 4. The molecule has 13 heteroatoms. The van der Waals surface area contributed by atoms with Crippen LogP contribution >= 0.6 is 34.8 Å². The van der Waals surface area contributed by atoms with Crippen LogP contribution in [0.3, 0.4) is 0 Å². The topological polar surface area (TPSA) is 127 Å². The number of benzene rings is 4. The Labute approximate surface area is 311 Å². The Bertz CT molecular complexity index is 2000. The molecule has 0 aliphatic carbocycles. The average molecular weight is 751 g/mol. The number of hydrogen-bond donors (Lipinski definition) is 2. The Balaban J connectivity index is 0.000000198. The van der Waals surface area contributed by atoms with Crippen LogP contribution < -0.4 is 10.6 Å². The number of carbonyl (C=O) groups is 2. The molecular weight excluding hydrogens is 717 g/mol. The zero-order chi connectivity index (χ0) is 35.5. The number of nitrogens with zero attached hydrogens (tertiary/aromatic N) is 4. The zero-order valence-electron chi connectivity index (χ0n) is 27.3. The van der Waals surface area contributed by atoms with Crippen molar-refractivity contribution in [2.45, 2.75) is 24.6 Å². The average Bonchev–Trinajstić information content (AvgIpc) is 3.92. The van der Waals surface area contributed by atoms with Crippen molar-refractivity contribution in [2.24, 2.45) is 0 Å². The summed E-state index contributed by atoms with van der Waals surface area (Å²) >= 11 is 4.25. The van der Waals surface area contributed by atoms with Crippen molar-refractivity contribution in [2.75, 3.05) is 0 Å². The standard InChI is InChI=1S/C19H17N3O2S2.C19H17N3OS2/c23-19(10-11-26(24)14-16-4-2-1-3-5-16)20-12-15-6-8-17(9-7-15)18-13-25-22-21-18;23-19(10-11-24-13-16-4-2-1-3-5-16)20-12-15-6-8-17(9-7-15)18-14-25-22-21-18/h1-11,13H,12,14H2,(H,20,23);1-11,14H,12-13H2,(H,20,23)/b2*11-10-. The minimum Gasteiger partial charge on any atom is -0.348 e. The maximum Gasteiger partial charge on any atom is 0.244 e. The first kappa shape index (κ1) is 37.2. The molecule has 0 spiro atoms. The first-order valence-electron chi connectivity index (χ1n) is 15.7. The van der Waals surface area contributed by atoms with Gasteiger partial charge >= 0.3 is 0 Å². The van der Waals surface area contributed by atoms with Gasteiger partial charge in [-0.3, -0.25) is 13.8 Å². The van der Waals surface area contributed by atoms with Gasteiger partial charge in [-0.2, -0.15) is 0 Å². The maximum atomic E-state index is 12.0. The number of amides is 2. The van der Waals surface area contributed by atoms with E-state index in [4.69, 9.17) is 0 Å². The smallest absolute Gasteiger partial charge is 0.244 e. The number of hydrogen-bond acceptors (Lipinski definition) is 10. The Morgan fingerprint density at radius 2 is 1.12 bits per heavy atom.